The molecule has 2 N–H and O–H groups in total. The summed E-state index contributed by atoms with van der Waals surface area (Å²) in [5, 5.41) is 10.8. The molecule has 0 bridgehead atoms. The van der Waals surface area contributed by atoms with Gasteiger partial charge in [-0.3, -0.25) is 9.67 Å². The van der Waals surface area contributed by atoms with Crippen LogP contribution in [0.1, 0.15) is 31.9 Å². The highest BCUT2D eigenvalue weighted by atomic mass is 16.5. The Morgan fingerprint density at radius 3 is 2.64 bits per heavy atom. The van der Waals surface area contributed by atoms with Crippen molar-refractivity contribution in [1.29, 1.82) is 0 Å². The normalized spacial score (nSPS) is 12.1. The molecule has 2 rings (SSSR count). The van der Waals surface area contributed by atoms with E-state index >= 15 is 0 Å². The number of aromatic nitrogens is 2. The molecule has 0 amide bonds. The van der Waals surface area contributed by atoms with Crippen LogP contribution < -0.4 is 15.4 Å². The van der Waals surface area contributed by atoms with E-state index in [2.05, 4.69) is 47.6 Å². The fraction of sp³-hybridized carbons (Fsp3) is 0.474. The third kappa shape index (κ3) is 6.49. The third-order valence-corrected chi connectivity index (χ3v) is 3.52. The lowest BCUT2D eigenvalue weighted by Crippen LogP contribution is -2.38. The van der Waals surface area contributed by atoms with E-state index in [4.69, 9.17) is 4.74 Å². The molecule has 0 aliphatic carbocycles. The molecule has 1 aromatic carbocycles. The summed E-state index contributed by atoms with van der Waals surface area (Å²) in [4.78, 5) is 4.28. The quantitative estimate of drug-likeness (QED) is 0.625. The van der Waals surface area contributed by atoms with Gasteiger partial charge in [-0.2, -0.15) is 5.10 Å². The topological polar surface area (TPSA) is 63.5 Å². The Labute approximate surface area is 150 Å². The zero-order chi connectivity index (χ0) is 18.3. The van der Waals surface area contributed by atoms with E-state index in [1.54, 1.807) is 7.05 Å². The Morgan fingerprint density at radius 1 is 1.24 bits per heavy atom. The summed E-state index contributed by atoms with van der Waals surface area (Å²) < 4.78 is 7.84. The molecule has 25 heavy (non-hydrogen) atoms. The van der Waals surface area contributed by atoms with Crippen molar-refractivity contribution < 1.29 is 4.74 Å². The minimum Gasteiger partial charge on any atom is -0.488 e. The molecular formula is C19H29N5O. The zero-order valence-corrected chi connectivity index (χ0v) is 15.8. The van der Waals surface area contributed by atoms with E-state index in [0.29, 0.717) is 6.54 Å². The molecule has 0 aliphatic rings. The maximum Gasteiger partial charge on any atom is 0.191 e. The second-order valence-electron chi connectivity index (χ2n) is 6.95. The van der Waals surface area contributed by atoms with Gasteiger partial charge in [0.1, 0.15) is 11.4 Å². The van der Waals surface area contributed by atoms with E-state index < -0.39 is 0 Å². The maximum absolute atomic E-state index is 6.03. The van der Waals surface area contributed by atoms with Crippen molar-refractivity contribution >= 4 is 5.96 Å². The van der Waals surface area contributed by atoms with Crippen LogP contribution in [0.3, 0.4) is 0 Å². The fourth-order valence-electron chi connectivity index (χ4n) is 2.41. The first-order valence-corrected chi connectivity index (χ1v) is 8.56. The molecule has 2 aromatic rings. The number of benzene rings is 1. The van der Waals surface area contributed by atoms with Gasteiger partial charge in [-0.1, -0.05) is 18.2 Å². The molecule has 0 spiro atoms. The molecule has 136 valence electrons. The Morgan fingerprint density at radius 2 is 2.00 bits per heavy atom. The number of aryl methyl sites for hydroxylation is 1. The smallest absolute Gasteiger partial charge is 0.191 e. The molecule has 0 unspecified atom stereocenters. The van der Waals surface area contributed by atoms with Crippen molar-refractivity contribution in [3.63, 3.8) is 0 Å². The number of guanidine groups is 1. The first kappa shape index (κ1) is 18.8. The number of nitrogens with one attached hydrogen (secondary N) is 2. The van der Waals surface area contributed by atoms with E-state index in [1.807, 2.05) is 42.3 Å². The molecule has 1 heterocycles. The lowest BCUT2D eigenvalue weighted by Gasteiger charge is -2.23. The number of hydrogen-bond acceptors (Lipinski definition) is 3. The van der Waals surface area contributed by atoms with Gasteiger partial charge < -0.3 is 15.4 Å². The molecule has 0 aliphatic heterocycles. The first-order chi connectivity index (χ1) is 11.9. The van der Waals surface area contributed by atoms with Gasteiger partial charge in [0.05, 0.1) is 6.20 Å². The Kier molecular flexibility index (Phi) is 6.44. The minimum atomic E-state index is -0.222. The van der Waals surface area contributed by atoms with Crippen LogP contribution in [-0.2, 0) is 20.0 Å². The molecule has 0 radical (unpaired) electrons. The van der Waals surface area contributed by atoms with Gasteiger partial charge in [-0.25, -0.2) is 0 Å². The van der Waals surface area contributed by atoms with Crippen LogP contribution >= 0.6 is 0 Å². The second-order valence-corrected chi connectivity index (χ2v) is 6.95. The molecule has 0 fully saturated rings. The van der Waals surface area contributed by atoms with Crippen molar-refractivity contribution in [2.45, 2.75) is 39.3 Å². The third-order valence-electron chi connectivity index (χ3n) is 3.52. The minimum absolute atomic E-state index is 0.222. The number of aliphatic imine (C=N–C) groups is 1. The first-order valence-electron chi connectivity index (χ1n) is 8.56. The van der Waals surface area contributed by atoms with Crippen LogP contribution in [0.4, 0.5) is 0 Å². The summed E-state index contributed by atoms with van der Waals surface area (Å²) in [5.74, 6) is 1.67. The van der Waals surface area contributed by atoms with E-state index in [1.165, 1.54) is 5.56 Å². The van der Waals surface area contributed by atoms with Crippen molar-refractivity contribution in [1.82, 2.24) is 20.4 Å². The zero-order valence-electron chi connectivity index (χ0n) is 15.8. The average Bonchev–Trinajstić information content (AvgIpc) is 2.96. The van der Waals surface area contributed by atoms with Crippen LogP contribution in [0.5, 0.6) is 5.75 Å². The molecule has 1 aromatic heterocycles. The van der Waals surface area contributed by atoms with Crippen LogP contribution in [0, 0.1) is 0 Å². The summed E-state index contributed by atoms with van der Waals surface area (Å²) in [7, 11) is 3.70. The van der Waals surface area contributed by atoms with Crippen molar-refractivity contribution in [3.05, 3.63) is 47.8 Å². The summed E-state index contributed by atoms with van der Waals surface area (Å²) >= 11 is 0. The van der Waals surface area contributed by atoms with Gasteiger partial charge in [-0.05, 0) is 38.8 Å². The van der Waals surface area contributed by atoms with Crippen LogP contribution in [-0.4, -0.2) is 34.9 Å². The number of para-hydroxylation sites is 1. The van der Waals surface area contributed by atoms with E-state index in [0.717, 1.165) is 30.2 Å². The Bertz CT molecular complexity index is 700. The van der Waals surface area contributed by atoms with E-state index in [9.17, 15) is 0 Å². The summed E-state index contributed by atoms with van der Waals surface area (Å²) in [6.07, 6.45) is 4.81. The lowest BCUT2D eigenvalue weighted by molar-refractivity contribution is 0.129. The van der Waals surface area contributed by atoms with Gasteiger partial charge in [0.25, 0.3) is 0 Å². The van der Waals surface area contributed by atoms with Gasteiger partial charge >= 0.3 is 0 Å². The van der Waals surface area contributed by atoms with Crippen molar-refractivity contribution in [3.8, 4) is 5.75 Å². The monoisotopic (exact) mass is 343 g/mol. The van der Waals surface area contributed by atoms with Gasteiger partial charge in [0.2, 0.25) is 0 Å². The molecule has 0 saturated heterocycles. The average molecular weight is 343 g/mol. The largest absolute Gasteiger partial charge is 0.488 e. The summed E-state index contributed by atoms with van der Waals surface area (Å²) in [6, 6.07) is 8.08. The Hall–Kier alpha value is -2.50. The number of ether oxygens (including phenoxy) is 1. The molecule has 0 atom stereocenters. The summed E-state index contributed by atoms with van der Waals surface area (Å²) in [6.45, 7) is 7.60. The SMILES string of the molecule is CN=C(NCCc1cnn(C)c1)NCc1ccccc1OC(C)(C)C. The van der Waals surface area contributed by atoms with Crippen LogP contribution in [0.15, 0.2) is 41.7 Å². The number of rotatable bonds is 6. The molecule has 0 saturated carbocycles. The molecule has 6 heteroatoms. The van der Waals surface area contributed by atoms with Crippen LogP contribution in [0.25, 0.3) is 0 Å². The van der Waals surface area contributed by atoms with Crippen LogP contribution in [0.2, 0.25) is 0 Å². The maximum atomic E-state index is 6.03. The number of hydrogen-bond donors (Lipinski definition) is 2. The van der Waals surface area contributed by atoms with Gasteiger partial charge in [0, 0.05) is 38.9 Å². The highest BCUT2D eigenvalue weighted by molar-refractivity contribution is 5.79. The predicted molar refractivity (Wildman–Crippen MR) is 102 cm³/mol. The highest BCUT2D eigenvalue weighted by Crippen LogP contribution is 2.22. The van der Waals surface area contributed by atoms with Gasteiger partial charge in [-0.15, -0.1) is 0 Å². The van der Waals surface area contributed by atoms with Crippen molar-refractivity contribution in [2.75, 3.05) is 13.6 Å². The van der Waals surface area contributed by atoms with Gasteiger partial charge in [0.15, 0.2) is 5.96 Å². The summed E-state index contributed by atoms with van der Waals surface area (Å²) in [5.41, 5.74) is 2.08. The fourth-order valence-corrected chi connectivity index (χ4v) is 2.41. The van der Waals surface area contributed by atoms with E-state index in [-0.39, 0.29) is 5.60 Å². The predicted octanol–water partition coefficient (Wildman–Crippen LogP) is 2.51. The standard InChI is InChI=1S/C19H29N5O/c1-19(2,3)25-17-9-7-6-8-16(17)13-22-18(20-4)21-11-10-15-12-23-24(5)14-15/h6-9,12,14H,10-11,13H2,1-5H3,(H2,20,21,22). The number of nitrogens with zero attached hydrogens (tertiary/aromatic N) is 3. The van der Waals surface area contributed by atoms with Crippen molar-refractivity contribution in [2.24, 2.45) is 12.0 Å². The second kappa shape index (κ2) is 8.55. The molecule has 6 nitrogen and oxygen atoms in total. The Balaban J connectivity index is 1.86. The molecular weight excluding hydrogens is 314 g/mol. The highest BCUT2D eigenvalue weighted by Gasteiger charge is 2.14. The lowest BCUT2D eigenvalue weighted by atomic mass is 10.1.